The second-order valence-corrected chi connectivity index (χ2v) is 21.1. The van der Waals surface area contributed by atoms with Gasteiger partial charge in [0.05, 0.1) is 55.6 Å². The number of azo groups is 4. The lowest BCUT2D eigenvalue weighted by Crippen LogP contribution is -2.04. The molecule has 1 heterocycles. The molecule has 9 rings (SSSR count). The number of rotatable bonds is 16. The van der Waals surface area contributed by atoms with E-state index in [-0.39, 0.29) is 67.6 Å². The van der Waals surface area contributed by atoms with Gasteiger partial charge in [-0.05, 0) is 103 Å². The number of aromatic hydroxyl groups is 1. The molecule has 0 amide bonds. The maximum absolute atomic E-state index is 12.2. The summed E-state index contributed by atoms with van der Waals surface area (Å²) in [5.74, 6) is 0.541. The predicted molar refractivity (Wildman–Crippen MR) is 283 cm³/mol. The number of hydrogen-bond acceptors (Lipinski definition) is 21. The van der Waals surface area contributed by atoms with Gasteiger partial charge >= 0.3 is 0 Å². The lowest BCUT2D eigenvalue weighted by Gasteiger charge is -2.10. The largest absolute Gasteiger partial charge is 0.505 e. The van der Waals surface area contributed by atoms with Crippen LogP contribution in [0.25, 0.3) is 38.3 Å². The van der Waals surface area contributed by atoms with E-state index in [0.29, 0.717) is 62.0 Å². The average Bonchev–Trinajstić information content (AvgIpc) is 3.95. The zero-order valence-corrected chi connectivity index (χ0v) is 43.7. The smallest absolute Gasteiger partial charge is 0.296 e. The number of phenols is 1. The summed E-state index contributed by atoms with van der Waals surface area (Å²) in [5, 5.41) is 66.0. The van der Waals surface area contributed by atoms with Gasteiger partial charge in [-0.3, -0.25) is 13.7 Å². The number of methoxy groups -OCH3 is 3. The fourth-order valence-electron chi connectivity index (χ4n) is 8.00. The van der Waals surface area contributed by atoms with Crippen molar-refractivity contribution >= 4 is 108 Å². The molecule has 5 N–H and O–H groups in total. The number of phenolic OH excluding ortho intramolecular Hbond substituents is 1. The molecule has 398 valence electrons. The van der Waals surface area contributed by atoms with Crippen molar-refractivity contribution in [1.82, 2.24) is 15.0 Å². The van der Waals surface area contributed by atoms with Crippen LogP contribution in [-0.2, 0) is 37.0 Å². The molecule has 8 aromatic carbocycles. The molecule has 0 radical (unpaired) electrons. The third-order valence-corrected chi connectivity index (χ3v) is 14.6. The summed E-state index contributed by atoms with van der Waals surface area (Å²) >= 11 is 0. The van der Waals surface area contributed by atoms with Gasteiger partial charge in [0.1, 0.15) is 66.5 Å². The number of aryl methyl sites for hydroxylation is 2. The van der Waals surface area contributed by atoms with Crippen molar-refractivity contribution in [3.63, 3.8) is 0 Å². The van der Waals surface area contributed by atoms with Crippen LogP contribution >= 0.6 is 0 Å². The van der Waals surface area contributed by atoms with Gasteiger partial charge in [0, 0.05) is 39.9 Å². The minimum absolute atomic E-state index is 0.0208. The highest BCUT2D eigenvalue weighted by Crippen LogP contribution is 2.43. The van der Waals surface area contributed by atoms with Crippen LogP contribution in [0.5, 0.6) is 23.0 Å². The Morgan fingerprint density at radius 1 is 0.487 bits per heavy atom. The third kappa shape index (κ3) is 11.0. The minimum atomic E-state index is -4.93. The van der Waals surface area contributed by atoms with E-state index in [2.05, 4.69) is 51.1 Å². The first kappa shape index (κ1) is 53.8. The number of benzene rings is 8. The highest BCUT2D eigenvalue weighted by atomic mass is 32.2. The molecule has 0 spiro atoms. The summed E-state index contributed by atoms with van der Waals surface area (Å²) < 4.78 is 118. The fraction of sp³-hybridized carbons (Fsp3) is 0.120. The summed E-state index contributed by atoms with van der Waals surface area (Å²) in [6, 6.07) is 27.5. The molecule has 0 aliphatic carbocycles. The Morgan fingerprint density at radius 2 is 1.01 bits per heavy atom. The lowest BCUT2D eigenvalue weighted by molar-refractivity contribution is 0.282. The molecule has 0 fully saturated rings. The van der Waals surface area contributed by atoms with Crippen molar-refractivity contribution < 1.29 is 63.3 Å². The number of hydrogen-bond donors (Lipinski definition) is 5. The molecule has 0 saturated carbocycles. The van der Waals surface area contributed by atoms with Crippen LogP contribution in [0.15, 0.2) is 171 Å². The first-order valence-electron chi connectivity index (χ1n) is 22.6. The van der Waals surface area contributed by atoms with E-state index in [1.165, 1.54) is 74.7 Å². The maximum atomic E-state index is 12.2. The Morgan fingerprint density at radius 3 is 1.59 bits per heavy atom. The van der Waals surface area contributed by atoms with Crippen LogP contribution in [0.3, 0.4) is 0 Å². The van der Waals surface area contributed by atoms with Crippen molar-refractivity contribution in [2.24, 2.45) is 40.9 Å². The van der Waals surface area contributed by atoms with Crippen molar-refractivity contribution in [1.29, 1.82) is 0 Å². The topological polar surface area (TPSA) is 361 Å². The van der Waals surface area contributed by atoms with E-state index < -0.39 is 51.6 Å². The van der Waals surface area contributed by atoms with E-state index in [0.717, 1.165) is 6.07 Å². The van der Waals surface area contributed by atoms with Gasteiger partial charge < -0.3 is 24.4 Å². The molecule has 0 saturated heterocycles. The maximum Gasteiger partial charge on any atom is 0.296 e. The highest BCUT2D eigenvalue weighted by Gasteiger charge is 2.24. The molecule has 25 nitrogen and oxygen atoms in total. The molecular weight excluding hydrogens is 1070 g/mol. The van der Waals surface area contributed by atoms with E-state index in [4.69, 9.17) is 14.2 Å². The van der Waals surface area contributed by atoms with E-state index in [1.807, 2.05) is 0 Å². The van der Waals surface area contributed by atoms with Gasteiger partial charge in [-0.25, -0.2) is 0 Å². The zero-order chi connectivity index (χ0) is 55.8. The second-order valence-electron chi connectivity index (χ2n) is 16.9. The minimum Gasteiger partial charge on any atom is -0.505 e. The van der Waals surface area contributed by atoms with Crippen LogP contribution in [0.1, 0.15) is 16.7 Å². The van der Waals surface area contributed by atoms with Crippen LogP contribution in [0.2, 0.25) is 0 Å². The summed E-state index contributed by atoms with van der Waals surface area (Å²) in [6.45, 7) is 3.04. The molecule has 0 unspecified atom stereocenters. The number of aliphatic hydroxyl groups is 1. The Balaban J connectivity index is 0.941. The monoisotopic (exact) mass is 1120 g/mol. The Labute approximate surface area is 442 Å². The van der Waals surface area contributed by atoms with Gasteiger partial charge in [0.25, 0.3) is 30.4 Å². The van der Waals surface area contributed by atoms with Crippen LogP contribution in [-0.4, -0.2) is 85.4 Å². The molecule has 0 aliphatic heterocycles. The van der Waals surface area contributed by atoms with Crippen LogP contribution in [0, 0.1) is 13.8 Å². The molecule has 0 aliphatic rings. The quantitative estimate of drug-likeness (QED) is 0.0443. The predicted octanol–water partition coefficient (Wildman–Crippen LogP) is 12.0. The average molecular weight is 1120 g/mol. The van der Waals surface area contributed by atoms with Gasteiger partial charge in [0.2, 0.25) is 0 Å². The number of fused-ring (bicyclic) bond motifs is 4. The van der Waals surface area contributed by atoms with Crippen molar-refractivity contribution in [2.45, 2.75) is 35.1 Å². The first-order valence-corrected chi connectivity index (χ1v) is 26.9. The van der Waals surface area contributed by atoms with Gasteiger partial charge in [-0.15, -0.1) is 40.9 Å². The first-order chi connectivity index (χ1) is 37.1. The number of ether oxygens (including phenoxy) is 3. The number of aromatic nitrogens is 3. The van der Waals surface area contributed by atoms with Gasteiger partial charge in [-0.1, -0.05) is 24.3 Å². The molecule has 1 aromatic heterocycles. The molecule has 9 aromatic rings. The van der Waals surface area contributed by atoms with Crippen LogP contribution < -0.4 is 14.2 Å². The number of aliphatic hydroxyl groups excluding tert-OH is 1. The van der Waals surface area contributed by atoms with Crippen molar-refractivity contribution in [3.8, 4) is 28.7 Å². The Bertz CT molecular complexity index is 4420. The standard InChI is InChI=1S/C50H41N11O14S3/c1-26-16-41(44(73-3)22-38(26)53-51-35-8-6-7-9-47(35)77(67,68)69)56-54-39-23-45(74-4)42(17-27(39)2)57-55-40-24-46(75-5)43(19-29(40)25-62)58-52-37-14-10-28-18-30(11-12-32(28)50(37)63)61-59-36-15-13-33-34(49(36)60-61)20-31(76(64,65)66)21-48(33)78(70,71)72/h6-24,62-63H,25H2,1-5H3,(H,64,65,66)(H,67,68,69)(H,70,71,72). The van der Waals surface area contributed by atoms with Crippen LogP contribution in [0.4, 0.5) is 45.5 Å². The van der Waals surface area contributed by atoms with E-state index in [1.54, 1.807) is 68.4 Å². The molecule has 28 heteroatoms. The Hall–Kier alpha value is -9.03. The molecule has 0 atom stereocenters. The lowest BCUT2D eigenvalue weighted by atomic mass is 10.1. The second kappa shape index (κ2) is 21.2. The normalized spacial score (nSPS) is 12.6. The summed E-state index contributed by atoms with van der Waals surface area (Å²) in [7, 11) is -10.1. The third-order valence-electron chi connectivity index (χ3n) is 11.9. The SMILES string of the molecule is COc1cc(N=Nc2ccccc2S(=O)(=O)O)c(C)cc1N=Nc1cc(OC)c(N=Nc2cc(OC)c(N=Nc3ccc4cc(-n5nc6ccc7c(S(=O)(=O)O)cc(S(=O)(=O)O)cc7c6n5)ccc4c3O)cc2CO)cc1C. The zero-order valence-electron chi connectivity index (χ0n) is 41.2. The van der Waals surface area contributed by atoms with Gasteiger partial charge in [0.15, 0.2) is 5.75 Å². The van der Waals surface area contributed by atoms with Gasteiger partial charge in [-0.2, -0.15) is 40.3 Å². The van der Waals surface area contributed by atoms with Crippen molar-refractivity contribution in [3.05, 3.63) is 132 Å². The van der Waals surface area contributed by atoms with Crippen molar-refractivity contribution in [2.75, 3.05) is 21.3 Å². The van der Waals surface area contributed by atoms with E-state index in [9.17, 15) is 49.1 Å². The Kier molecular flexibility index (Phi) is 14.6. The fourth-order valence-corrected chi connectivity index (χ4v) is 9.96. The number of nitrogens with zero attached hydrogens (tertiary/aromatic N) is 11. The highest BCUT2D eigenvalue weighted by molar-refractivity contribution is 7.87. The molecule has 0 bridgehead atoms. The summed E-state index contributed by atoms with van der Waals surface area (Å²) in [4.78, 5) is -0.712. The van der Waals surface area contributed by atoms with E-state index >= 15 is 0 Å². The molecular formula is C50H41N11O14S3. The summed E-state index contributed by atoms with van der Waals surface area (Å²) in [6.07, 6.45) is 0. The molecule has 78 heavy (non-hydrogen) atoms. The summed E-state index contributed by atoms with van der Waals surface area (Å²) in [5.41, 5.74) is 4.08.